The minimum atomic E-state index is -0.557. The lowest BCUT2D eigenvalue weighted by atomic mass is 10.0. The van der Waals surface area contributed by atoms with Gasteiger partial charge in [0.25, 0.3) is 0 Å². The van der Waals surface area contributed by atoms with Crippen LogP contribution in [0, 0.1) is 5.82 Å². The number of rotatable bonds is 4. The Kier molecular flexibility index (Phi) is 4.42. The molecule has 122 valence electrons. The van der Waals surface area contributed by atoms with Gasteiger partial charge >= 0.3 is 5.97 Å². The lowest BCUT2D eigenvalue weighted by molar-refractivity contribution is 0.0590. The quantitative estimate of drug-likeness (QED) is 0.685. The summed E-state index contributed by atoms with van der Waals surface area (Å²) in [6.07, 6.45) is 0.467. The van der Waals surface area contributed by atoms with Crippen molar-refractivity contribution in [3.8, 4) is 5.75 Å². The van der Waals surface area contributed by atoms with Gasteiger partial charge in [0.2, 0.25) is 0 Å². The third-order valence-corrected chi connectivity index (χ3v) is 3.81. The molecule has 3 aromatic rings. The van der Waals surface area contributed by atoms with Crippen molar-refractivity contribution >= 4 is 16.7 Å². The lowest BCUT2D eigenvalue weighted by Gasteiger charge is -2.13. The molecule has 0 saturated heterocycles. The van der Waals surface area contributed by atoms with Crippen molar-refractivity contribution in [1.82, 2.24) is 4.98 Å². The largest absolute Gasteiger partial charge is 0.494 e. The number of carbonyl (C=O) groups is 1. The molecule has 0 bridgehead atoms. The lowest BCUT2D eigenvalue weighted by Crippen LogP contribution is -2.10. The molecule has 0 amide bonds. The number of hydrogen-bond acceptors (Lipinski definition) is 4. The number of pyridine rings is 1. The Labute approximate surface area is 138 Å². The molecule has 5 heteroatoms. The van der Waals surface area contributed by atoms with E-state index in [1.165, 1.54) is 26.4 Å². The Bertz CT molecular complexity index is 891. The zero-order valence-electron chi connectivity index (χ0n) is 13.4. The Balaban J connectivity index is 2.19. The van der Waals surface area contributed by atoms with E-state index in [1.54, 1.807) is 12.1 Å². The summed E-state index contributed by atoms with van der Waals surface area (Å²) in [5.74, 6) is -0.459. The summed E-state index contributed by atoms with van der Waals surface area (Å²) >= 11 is 0. The summed E-state index contributed by atoms with van der Waals surface area (Å²) in [5, 5.41) is 1.67. The van der Waals surface area contributed by atoms with E-state index in [4.69, 9.17) is 9.47 Å². The van der Waals surface area contributed by atoms with Crippen molar-refractivity contribution in [2.45, 2.75) is 6.42 Å². The van der Waals surface area contributed by atoms with Gasteiger partial charge in [-0.25, -0.2) is 14.2 Å². The fraction of sp³-hybridized carbons (Fsp3) is 0.158. The van der Waals surface area contributed by atoms with Crippen LogP contribution in [-0.4, -0.2) is 25.2 Å². The zero-order valence-corrected chi connectivity index (χ0v) is 13.4. The van der Waals surface area contributed by atoms with Crippen LogP contribution in [0.15, 0.2) is 48.5 Å². The molecule has 0 spiro atoms. The summed E-state index contributed by atoms with van der Waals surface area (Å²) in [5.41, 5.74) is 1.74. The molecule has 3 rings (SSSR count). The molecular formula is C19H16FNO3. The molecule has 0 aliphatic carbocycles. The first-order chi connectivity index (χ1) is 11.6. The van der Waals surface area contributed by atoms with Gasteiger partial charge in [-0.3, -0.25) is 0 Å². The first kappa shape index (κ1) is 15.9. The molecule has 0 radical (unpaired) electrons. The normalized spacial score (nSPS) is 10.6. The molecular weight excluding hydrogens is 309 g/mol. The first-order valence-electron chi connectivity index (χ1n) is 7.42. The Morgan fingerprint density at radius 2 is 1.71 bits per heavy atom. The second-order valence-corrected chi connectivity index (χ2v) is 5.28. The van der Waals surface area contributed by atoms with E-state index in [0.717, 1.165) is 16.3 Å². The first-order valence-corrected chi connectivity index (χ1v) is 7.42. The molecule has 0 N–H and O–H groups in total. The number of hydrogen-bond donors (Lipinski definition) is 0. The highest BCUT2D eigenvalue weighted by molar-refractivity contribution is 6.00. The number of ether oxygens (including phenoxy) is 2. The number of methoxy groups -OCH3 is 2. The molecule has 4 nitrogen and oxygen atoms in total. The fourth-order valence-corrected chi connectivity index (χ4v) is 2.68. The van der Waals surface area contributed by atoms with Crippen LogP contribution in [0.3, 0.4) is 0 Å². The summed E-state index contributed by atoms with van der Waals surface area (Å²) in [6.45, 7) is 0. The average Bonchev–Trinajstić information content (AvgIpc) is 2.62. The van der Waals surface area contributed by atoms with E-state index in [2.05, 4.69) is 4.98 Å². The fourth-order valence-electron chi connectivity index (χ4n) is 2.68. The minimum absolute atomic E-state index is 0.135. The molecule has 1 heterocycles. The number of esters is 1. The van der Waals surface area contributed by atoms with Crippen molar-refractivity contribution in [2.24, 2.45) is 0 Å². The number of fused-ring (bicyclic) bond motifs is 1. The highest BCUT2D eigenvalue weighted by atomic mass is 19.1. The summed E-state index contributed by atoms with van der Waals surface area (Å²) < 4.78 is 23.3. The number of halogens is 1. The number of nitrogens with zero attached hydrogens (tertiary/aromatic N) is 1. The van der Waals surface area contributed by atoms with E-state index in [9.17, 15) is 9.18 Å². The van der Waals surface area contributed by atoms with Gasteiger partial charge in [-0.1, -0.05) is 36.4 Å². The topological polar surface area (TPSA) is 48.4 Å². The van der Waals surface area contributed by atoms with Crippen LogP contribution in [0.2, 0.25) is 0 Å². The van der Waals surface area contributed by atoms with Crippen LogP contribution < -0.4 is 4.74 Å². The standard InChI is InChI=1S/C19H16FNO3/c1-23-18-15-6-4-3-5-14(15)16(21-17(18)19(22)24-2)11-12-7-9-13(20)10-8-12/h3-10H,11H2,1-2H3. The van der Waals surface area contributed by atoms with Gasteiger partial charge < -0.3 is 9.47 Å². The van der Waals surface area contributed by atoms with Gasteiger partial charge in [0.1, 0.15) is 5.82 Å². The zero-order chi connectivity index (χ0) is 17.1. The van der Waals surface area contributed by atoms with Crippen LogP contribution in [-0.2, 0) is 11.2 Å². The highest BCUT2D eigenvalue weighted by Gasteiger charge is 2.20. The van der Waals surface area contributed by atoms with Crippen molar-refractivity contribution in [2.75, 3.05) is 14.2 Å². The maximum Gasteiger partial charge on any atom is 0.360 e. The molecule has 0 atom stereocenters. The summed E-state index contributed by atoms with van der Waals surface area (Å²) in [4.78, 5) is 16.5. The molecule has 0 saturated carbocycles. The van der Waals surface area contributed by atoms with Gasteiger partial charge in [-0.2, -0.15) is 0 Å². The Morgan fingerprint density at radius 1 is 1.04 bits per heavy atom. The highest BCUT2D eigenvalue weighted by Crippen LogP contribution is 2.31. The van der Waals surface area contributed by atoms with Gasteiger partial charge in [-0.15, -0.1) is 0 Å². The van der Waals surface area contributed by atoms with Crippen molar-refractivity contribution in [1.29, 1.82) is 0 Å². The minimum Gasteiger partial charge on any atom is -0.494 e. The van der Waals surface area contributed by atoms with Crippen molar-refractivity contribution in [3.63, 3.8) is 0 Å². The average molecular weight is 325 g/mol. The van der Waals surface area contributed by atoms with Crippen LogP contribution in [0.25, 0.3) is 10.8 Å². The third-order valence-electron chi connectivity index (χ3n) is 3.81. The van der Waals surface area contributed by atoms with E-state index < -0.39 is 5.97 Å². The molecule has 0 aliphatic rings. The predicted molar refractivity (Wildman–Crippen MR) is 88.8 cm³/mol. The SMILES string of the molecule is COC(=O)c1nc(Cc2ccc(F)cc2)c2ccccc2c1OC. The molecule has 2 aromatic carbocycles. The molecule has 0 aliphatic heterocycles. The Morgan fingerprint density at radius 3 is 2.33 bits per heavy atom. The van der Waals surface area contributed by atoms with Crippen LogP contribution in [0.1, 0.15) is 21.7 Å². The molecule has 0 unspecified atom stereocenters. The predicted octanol–water partition coefficient (Wildman–Crippen LogP) is 3.76. The molecule has 1 aromatic heterocycles. The Hall–Kier alpha value is -2.95. The number of carbonyl (C=O) groups excluding carboxylic acids is 1. The van der Waals surface area contributed by atoms with E-state index in [-0.39, 0.29) is 11.5 Å². The number of benzene rings is 2. The molecule has 24 heavy (non-hydrogen) atoms. The maximum atomic E-state index is 13.1. The van der Waals surface area contributed by atoms with Crippen LogP contribution in [0.4, 0.5) is 4.39 Å². The van der Waals surface area contributed by atoms with Crippen molar-refractivity contribution < 1.29 is 18.7 Å². The monoisotopic (exact) mass is 325 g/mol. The second-order valence-electron chi connectivity index (χ2n) is 5.28. The van der Waals surface area contributed by atoms with Crippen LogP contribution in [0.5, 0.6) is 5.75 Å². The smallest absolute Gasteiger partial charge is 0.360 e. The van der Waals surface area contributed by atoms with Gasteiger partial charge in [0, 0.05) is 17.2 Å². The summed E-state index contributed by atoms with van der Waals surface area (Å²) in [7, 11) is 2.80. The number of aromatic nitrogens is 1. The van der Waals surface area contributed by atoms with Gasteiger partial charge in [0.15, 0.2) is 11.4 Å². The van der Waals surface area contributed by atoms with E-state index >= 15 is 0 Å². The summed E-state index contributed by atoms with van der Waals surface area (Å²) in [6, 6.07) is 13.8. The maximum absolute atomic E-state index is 13.1. The van der Waals surface area contributed by atoms with Gasteiger partial charge in [-0.05, 0) is 17.7 Å². The van der Waals surface area contributed by atoms with Crippen LogP contribution >= 0.6 is 0 Å². The molecule has 0 fully saturated rings. The third kappa shape index (κ3) is 2.93. The van der Waals surface area contributed by atoms with Crippen molar-refractivity contribution in [3.05, 3.63) is 71.3 Å². The van der Waals surface area contributed by atoms with Gasteiger partial charge in [0.05, 0.1) is 19.9 Å². The second kappa shape index (κ2) is 6.66. The van der Waals surface area contributed by atoms with E-state index in [1.807, 2.05) is 24.3 Å². The van der Waals surface area contributed by atoms with E-state index in [0.29, 0.717) is 17.9 Å².